The van der Waals surface area contributed by atoms with Gasteiger partial charge in [-0.05, 0) is 48.0 Å². The Hall–Kier alpha value is -2.20. The first kappa shape index (κ1) is 18.2. The number of ether oxygens (including phenoxy) is 1. The SMILES string of the molecule is O=C1Nc2cc(Cl)ccc2C1(Cc1cccc(Cl)c1)Oc1cccc(Cl)c1. The number of hydrogen-bond donors (Lipinski definition) is 1. The van der Waals surface area contributed by atoms with E-state index in [9.17, 15) is 4.79 Å². The van der Waals surface area contributed by atoms with E-state index >= 15 is 0 Å². The first-order chi connectivity index (χ1) is 13.0. The maximum Gasteiger partial charge on any atom is 0.273 e. The average Bonchev–Trinajstić information content (AvgIpc) is 2.86. The molecule has 0 fully saturated rings. The van der Waals surface area contributed by atoms with Crippen LogP contribution in [0.5, 0.6) is 5.75 Å². The van der Waals surface area contributed by atoms with Crippen LogP contribution in [-0.4, -0.2) is 5.91 Å². The predicted molar refractivity (Wildman–Crippen MR) is 109 cm³/mol. The smallest absolute Gasteiger partial charge is 0.273 e. The summed E-state index contributed by atoms with van der Waals surface area (Å²) in [6.07, 6.45) is 0.306. The summed E-state index contributed by atoms with van der Waals surface area (Å²) in [5, 5.41) is 4.55. The second-order valence-electron chi connectivity index (χ2n) is 6.34. The van der Waals surface area contributed by atoms with Gasteiger partial charge in [-0.2, -0.15) is 0 Å². The Morgan fingerprint density at radius 3 is 2.30 bits per heavy atom. The van der Waals surface area contributed by atoms with Crippen molar-refractivity contribution in [3.05, 3.63) is 92.9 Å². The molecule has 3 aromatic carbocycles. The van der Waals surface area contributed by atoms with E-state index in [0.717, 1.165) is 11.1 Å². The third-order valence-electron chi connectivity index (χ3n) is 4.46. The molecule has 1 heterocycles. The first-order valence-corrected chi connectivity index (χ1v) is 9.40. The van der Waals surface area contributed by atoms with Crippen molar-refractivity contribution in [2.45, 2.75) is 12.0 Å². The van der Waals surface area contributed by atoms with Gasteiger partial charge in [0.2, 0.25) is 5.60 Å². The van der Waals surface area contributed by atoms with Crippen LogP contribution in [-0.2, 0) is 16.8 Å². The third kappa shape index (κ3) is 3.51. The number of benzene rings is 3. The summed E-state index contributed by atoms with van der Waals surface area (Å²) in [7, 11) is 0. The zero-order valence-corrected chi connectivity index (χ0v) is 16.3. The highest BCUT2D eigenvalue weighted by atomic mass is 35.5. The monoisotopic (exact) mass is 417 g/mol. The third-order valence-corrected chi connectivity index (χ3v) is 5.17. The van der Waals surface area contributed by atoms with Crippen molar-refractivity contribution in [1.29, 1.82) is 0 Å². The van der Waals surface area contributed by atoms with E-state index in [4.69, 9.17) is 39.5 Å². The van der Waals surface area contributed by atoms with Crippen molar-refractivity contribution in [3.63, 3.8) is 0 Å². The highest BCUT2D eigenvalue weighted by Gasteiger charge is 2.49. The minimum atomic E-state index is -1.25. The van der Waals surface area contributed by atoms with Gasteiger partial charge in [0.25, 0.3) is 5.91 Å². The molecule has 136 valence electrons. The number of hydrogen-bond acceptors (Lipinski definition) is 2. The van der Waals surface area contributed by atoms with Gasteiger partial charge in [0, 0.05) is 27.1 Å². The molecule has 1 atom stereocenters. The van der Waals surface area contributed by atoms with E-state index < -0.39 is 5.60 Å². The lowest BCUT2D eigenvalue weighted by Gasteiger charge is -2.29. The molecule has 0 aliphatic carbocycles. The molecule has 1 aliphatic rings. The van der Waals surface area contributed by atoms with Crippen LogP contribution in [0.4, 0.5) is 5.69 Å². The molecule has 6 heteroatoms. The summed E-state index contributed by atoms with van der Waals surface area (Å²) in [6.45, 7) is 0. The first-order valence-electron chi connectivity index (χ1n) is 8.27. The number of carbonyl (C=O) groups excluding carboxylic acids is 1. The second kappa shape index (κ2) is 7.08. The molecule has 1 aliphatic heterocycles. The zero-order valence-electron chi connectivity index (χ0n) is 14.0. The fourth-order valence-corrected chi connectivity index (χ4v) is 3.86. The van der Waals surface area contributed by atoms with Gasteiger partial charge in [-0.3, -0.25) is 4.79 Å². The van der Waals surface area contributed by atoms with Gasteiger partial charge in [-0.1, -0.05) is 59.1 Å². The summed E-state index contributed by atoms with van der Waals surface area (Å²) in [5.74, 6) is 0.238. The van der Waals surface area contributed by atoms with Gasteiger partial charge in [0.05, 0.1) is 5.69 Å². The molecule has 3 aromatic rings. The number of anilines is 1. The molecule has 1 N–H and O–H groups in total. The van der Waals surface area contributed by atoms with E-state index in [-0.39, 0.29) is 5.91 Å². The van der Waals surface area contributed by atoms with Crippen molar-refractivity contribution in [3.8, 4) is 5.75 Å². The molecule has 0 spiro atoms. The Morgan fingerprint density at radius 2 is 1.56 bits per heavy atom. The molecule has 1 unspecified atom stereocenters. The number of nitrogens with one attached hydrogen (secondary N) is 1. The number of amides is 1. The van der Waals surface area contributed by atoms with Crippen LogP contribution in [0.1, 0.15) is 11.1 Å². The Balaban J connectivity index is 1.84. The molecule has 1 amide bonds. The lowest BCUT2D eigenvalue weighted by atomic mass is 9.88. The van der Waals surface area contributed by atoms with E-state index in [0.29, 0.717) is 32.9 Å². The van der Waals surface area contributed by atoms with Gasteiger partial charge in [-0.15, -0.1) is 0 Å². The van der Waals surface area contributed by atoms with Crippen LogP contribution in [0, 0.1) is 0 Å². The van der Waals surface area contributed by atoms with Crippen LogP contribution in [0.25, 0.3) is 0 Å². The Morgan fingerprint density at radius 1 is 0.852 bits per heavy atom. The molecule has 0 bridgehead atoms. The largest absolute Gasteiger partial charge is 0.472 e. The van der Waals surface area contributed by atoms with Gasteiger partial charge >= 0.3 is 0 Å². The van der Waals surface area contributed by atoms with Crippen molar-refractivity contribution in [2.75, 3.05) is 5.32 Å². The van der Waals surface area contributed by atoms with E-state index in [1.54, 1.807) is 42.5 Å². The standard InChI is InChI=1S/C21H14Cl3NO2/c22-14-4-1-3-13(9-14)12-21(27-17-6-2-5-15(23)10-17)18-8-7-16(24)11-19(18)25-20(21)26/h1-11H,12H2,(H,25,26). The summed E-state index contributed by atoms with van der Waals surface area (Å²) in [6, 6.07) is 19.6. The number of fused-ring (bicyclic) bond motifs is 1. The van der Waals surface area contributed by atoms with Crippen LogP contribution in [0.15, 0.2) is 66.7 Å². The van der Waals surface area contributed by atoms with Crippen LogP contribution in [0.3, 0.4) is 0 Å². The van der Waals surface area contributed by atoms with Gasteiger partial charge in [0.1, 0.15) is 5.75 Å². The van der Waals surface area contributed by atoms with Gasteiger partial charge in [0.15, 0.2) is 0 Å². The number of rotatable bonds is 4. The van der Waals surface area contributed by atoms with Crippen LogP contribution >= 0.6 is 34.8 Å². The fraction of sp³-hybridized carbons (Fsp3) is 0.0952. The average molecular weight is 419 g/mol. The normalized spacial score (nSPS) is 18.1. The van der Waals surface area contributed by atoms with Crippen molar-refractivity contribution in [2.24, 2.45) is 0 Å². The lowest BCUT2D eigenvalue weighted by Crippen LogP contribution is -2.42. The Kier molecular flexibility index (Phi) is 4.77. The second-order valence-corrected chi connectivity index (χ2v) is 7.65. The van der Waals surface area contributed by atoms with E-state index in [1.165, 1.54) is 0 Å². The Bertz CT molecular complexity index is 988. The number of carbonyl (C=O) groups is 1. The summed E-state index contributed by atoms with van der Waals surface area (Å²) >= 11 is 18.3. The molecule has 0 saturated carbocycles. The van der Waals surface area contributed by atoms with Crippen molar-refractivity contribution >= 4 is 46.4 Å². The quantitative estimate of drug-likeness (QED) is 0.554. The molecule has 27 heavy (non-hydrogen) atoms. The number of halogens is 3. The van der Waals surface area contributed by atoms with Crippen LogP contribution in [0.2, 0.25) is 15.1 Å². The van der Waals surface area contributed by atoms with Crippen molar-refractivity contribution in [1.82, 2.24) is 0 Å². The van der Waals surface area contributed by atoms with E-state index in [2.05, 4.69) is 5.32 Å². The topological polar surface area (TPSA) is 38.3 Å². The molecule has 0 radical (unpaired) electrons. The summed E-state index contributed by atoms with van der Waals surface area (Å²) < 4.78 is 6.28. The minimum absolute atomic E-state index is 0.264. The summed E-state index contributed by atoms with van der Waals surface area (Å²) in [4.78, 5) is 13.1. The highest BCUT2D eigenvalue weighted by molar-refractivity contribution is 6.31. The molecule has 4 rings (SSSR count). The van der Waals surface area contributed by atoms with E-state index in [1.807, 2.05) is 24.3 Å². The maximum absolute atomic E-state index is 13.1. The van der Waals surface area contributed by atoms with Crippen LogP contribution < -0.4 is 10.1 Å². The highest BCUT2D eigenvalue weighted by Crippen LogP contribution is 2.43. The van der Waals surface area contributed by atoms with Crippen molar-refractivity contribution < 1.29 is 9.53 Å². The molecular weight excluding hydrogens is 405 g/mol. The van der Waals surface area contributed by atoms with Gasteiger partial charge in [-0.25, -0.2) is 0 Å². The minimum Gasteiger partial charge on any atom is -0.472 e. The Labute approximate surface area is 171 Å². The fourth-order valence-electron chi connectivity index (χ4n) is 3.30. The van der Waals surface area contributed by atoms with Gasteiger partial charge < -0.3 is 10.1 Å². The molecule has 0 aromatic heterocycles. The molecular formula is C21H14Cl3NO2. The zero-order chi connectivity index (χ0) is 19.0. The maximum atomic E-state index is 13.1. The predicted octanol–water partition coefficient (Wildman–Crippen LogP) is 6.12. The molecule has 0 saturated heterocycles. The molecule has 3 nitrogen and oxygen atoms in total. The lowest BCUT2D eigenvalue weighted by molar-refractivity contribution is -0.130. The summed E-state index contributed by atoms with van der Waals surface area (Å²) in [5.41, 5.74) is 0.978.